The SMILES string of the molecule is CCOc1c(Br)cc(C(=O)N(CCOC)Cc2nc3ccccc3c(=O)[nH]2)cc1OC. The Hall–Kier alpha value is -2.91. The number of para-hydroxylation sites is 1. The minimum atomic E-state index is -0.255. The largest absolute Gasteiger partial charge is 0.493 e. The molecule has 1 amide bonds. The maximum atomic E-state index is 13.3. The zero-order chi connectivity index (χ0) is 22.4. The van der Waals surface area contributed by atoms with E-state index in [0.29, 0.717) is 58.0 Å². The first-order chi connectivity index (χ1) is 15.0. The molecule has 0 saturated carbocycles. The molecular formula is C22H24BrN3O5. The number of amides is 1. The minimum absolute atomic E-state index is 0.120. The second-order valence-corrected chi connectivity index (χ2v) is 7.53. The number of benzene rings is 2. The van der Waals surface area contributed by atoms with Gasteiger partial charge >= 0.3 is 0 Å². The number of nitrogens with one attached hydrogen (secondary N) is 1. The third-order valence-electron chi connectivity index (χ3n) is 4.62. The molecule has 0 aliphatic rings. The van der Waals surface area contributed by atoms with Crippen LogP contribution in [0.25, 0.3) is 10.9 Å². The molecule has 0 aliphatic carbocycles. The van der Waals surface area contributed by atoms with E-state index in [2.05, 4.69) is 25.9 Å². The van der Waals surface area contributed by atoms with Gasteiger partial charge in [0, 0.05) is 19.2 Å². The topological polar surface area (TPSA) is 93.7 Å². The van der Waals surface area contributed by atoms with Crippen molar-refractivity contribution in [2.45, 2.75) is 13.5 Å². The molecule has 0 bridgehead atoms. The van der Waals surface area contributed by atoms with Crippen molar-refractivity contribution in [2.75, 3.05) is 34.0 Å². The molecule has 0 aliphatic heterocycles. The Kier molecular flexibility index (Phi) is 7.64. The molecule has 0 radical (unpaired) electrons. The van der Waals surface area contributed by atoms with E-state index in [0.717, 1.165) is 0 Å². The monoisotopic (exact) mass is 489 g/mol. The number of carbonyl (C=O) groups excluding carboxylic acids is 1. The van der Waals surface area contributed by atoms with E-state index in [-0.39, 0.29) is 18.0 Å². The summed E-state index contributed by atoms with van der Waals surface area (Å²) in [4.78, 5) is 34.6. The van der Waals surface area contributed by atoms with Crippen LogP contribution in [0.5, 0.6) is 11.5 Å². The van der Waals surface area contributed by atoms with E-state index in [9.17, 15) is 9.59 Å². The number of rotatable bonds is 9. The van der Waals surface area contributed by atoms with Crippen LogP contribution in [0.2, 0.25) is 0 Å². The summed E-state index contributed by atoms with van der Waals surface area (Å²) in [5.74, 6) is 1.12. The molecule has 0 unspecified atom stereocenters. The fourth-order valence-corrected chi connectivity index (χ4v) is 3.71. The molecule has 8 nitrogen and oxygen atoms in total. The van der Waals surface area contributed by atoms with Crippen molar-refractivity contribution < 1.29 is 19.0 Å². The van der Waals surface area contributed by atoms with Crippen LogP contribution in [0.3, 0.4) is 0 Å². The zero-order valence-electron chi connectivity index (χ0n) is 17.6. The van der Waals surface area contributed by atoms with E-state index in [1.54, 1.807) is 42.3 Å². The van der Waals surface area contributed by atoms with E-state index in [4.69, 9.17) is 14.2 Å². The van der Waals surface area contributed by atoms with Crippen LogP contribution in [0.1, 0.15) is 23.1 Å². The van der Waals surface area contributed by atoms with Gasteiger partial charge in [0.25, 0.3) is 11.5 Å². The van der Waals surface area contributed by atoms with E-state index >= 15 is 0 Å². The summed E-state index contributed by atoms with van der Waals surface area (Å²) in [6.45, 7) is 3.10. The van der Waals surface area contributed by atoms with Crippen LogP contribution in [0, 0.1) is 0 Å². The van der Waals surface area contributed by atoms with Gasteiger partial charge < -0.3 is 24.1 Å². The molecule has 164 valence electrons. The maximum absolute atomic E-state index is 13.3. The van der Waals surface area contributed by atoms with Crippen molar-refractivity contribution >= 4 is 32.7 Å². The molecule has 3 aromatic rings. The molecule has 1 aromatic heterocycles. The number of halogens is 1. The van der Waals surface area contributed by atoms with Crippen LogP contribution >= 0.6 is 15.9 Å². The van der Waals surface area contributed by atoms with Crippen molar-refractivity contribution in [1.82, 2.24) is 14.9 Å². The Labute approximate surface area is 188 Å². The van der Waals surface area contributed by atoms with Crippen molar-refractivity contribution in [3.63, 3.8) is 0 Å². The zero-order valence-corrected chi connectivity index (χ0v) is 19.2. The molecule has 9 heteroatoms. The highest BCUT2D eigenvalue weighted by Gasteiger charge is 2.21. The Morgan fingerprint density at radius 3 is 2.71 bits per heavy atom. The van der Waals surface area contributed by atoms with E-state index in [1.807, 2.05) is 13.0 Å². The van der Waals surface area contributed by atoms with Gasteiger partial charge in [0.15, 0.2) is 11.5 Å². The first-order valence-corrected chi connectivity index (χ1v) is 10.5. The second kappa shape index (κ2) is 10.4. The predicted octanol–water partition coefficient (Wildman–Crippen LogP) is 3.38. The number of carbonyl (C=O) groups is 1. The summed E-state index contributed by atoms with van der Waals surface area (Å²) in [7, 11) is 3.08. The van der Waals surface area contributed by atoms with Crippen LogP contribution in [0.4, 0.5) is 0 Å². The van der Waals surface area contributed by atoms with Crippen LogP contribution in [0.15, 0.2) is 45.7 Å². The lowest BCUT2D eigenvalue weighted by molar-refractivity contribution is 0.0674. The lowest BCUT2D eigenvalue weighted by atomic mass is 10.1. The number of aromatic amines is 1. The fraction of sp³-hybridized carbons (Fsp3) is 0.318. The van der Waals surface area contributed by atoms with Crippen molar-refractivity contribution in [2.24, 2.45) is 0 Å². The third-order valence-corrected chi connectivity index (χ3v) is 5.21. The van der Waals surface area contributed by atoms with Crippen LogP contribution in [-0.2, 0) is 11.3 Å². The highest BCUT2D eigenvalue weighted by atomic mass is 79.9. The standard InChI is InChI=1S/C22H24BrN3O5/c1-4-31-20-16(23)11-14(12-18(20)30-3)22(28)26(9-10-29-2)13-19-24-17-8-6-5-7-15(17)21(27)25-19/h5-8,11-12H,4,9-10,13H2,1-3H3,(H,24,25,27). The van der Waals surface area contributed by atoms with Gasteiger partial charge in [-0.05, 0) is 47.1 Å². The van der Waals surface area contributed by atoms with E-state index in [1.165, 1.54) is 7.11 Å². The summed E-state index contributed by atoms with van der Waals surface area (Å²) in [6, 6.07) is 10.4. The number of hydrogen-bond donors (Lipinski definition) is 1. The van der Waals surface area contributed by atoms with Crippen molar-refractivity contribution in [3.8, 4) is 11.5 Å². The average molecular weight is 490 g/mol. The number of methoxy groups -OCH3 is 2. The van der Waals surface area contributed by atoms with Gasteiger partial charge in [0.2, 0.25) is 0 Å². The van der Waals surface area contributed by atoms with Crippen LogP contribution < -0.4 is 15.0 Å². The number of nitrogens with zero attached hydrogens (tertiary/aromatic N) is 2. The van der Waals surface area contributed by atoms with Gasteiger partial charge in [-0.1, -0.05) is 12.1 Å². The summed E-state index contributed by atoms with van der Waals surface area (Å²) in [5.41, 5.74) is 0.738. The van der Waals surface area contributed by atoms with Gasteiger partial charge in [-0.3, -0.25) is 9.59 Å². The number of hydrogen-bond acceptors (Lipinski definition) is 6. The quantitative estimate of drug-likeness (QED) is 0.495. The van der Waals surface area contributed by atoms with Crippen molar-refractivity contribution in [3.05, 3.63) is 62.6 Å². The first-order valence-electron chi connectivity index (χ1n) is 9.75. The lowest BCUT2D eigenvalue weighted by Gasteiger charge is -2.23. The number of ether oxygens (including phenoxy) is 3. The second-order valence-electron chi connectivity index (χ2n) is 6.67. The molecule has 1 heterocycles. The Balaban J connectivity index is 1.95. The molecule has 0 atom stereocenters. The molecular weight excluding hydrogens is 466 g/mol. The third kappa shape index (κ3) is 5.23. The number of H-pyrrole nitrogens is 1. The van der Waals surface area contributed by atoms with Crippen LogP contribution in [-0.4, -0.2) is 54.8 Å². The molecule has 2 aromatic carbocycles. The van der Waals surface area contributed by atoms with Gasteiger partial charge in [0.1, 0.15) is 5.82 Å². The highest BCUT2D eigenvalue weighted by molar-refractivity contribution is 9.10. The average Bonchev–Trinajstić information content (AvgIpc) is 2.77. The number of fused-ring (bicyclic) bond motifs is 1. The van der Waals surface area contributed by atoms with Crippen molar-refractivity contribution in [1.29, 1.82) is 0 Å². The molecule has 0 saturated heterocycles. The highest BCUT2D eigenvalue weighted by Crippen LogP contribution is 2.37. The molecule has 1 N–H and O–H groups in total. The normalized spacial score (nSPS) is 10.8. The van der Waals surface area contributed by atoms with Gasteiger partial charge in [-0.15, -0.1) is 0 Å². The Morgan fingerprint density at radius 1 is 1.23 bits per heavy atom. The van der Waals surface area contributed by atoms with Gasteiger partial charge in [0.05, 0.1) is 42.2 Å². The first kappa shape index (κ1) is 22.8. The molecule has 31 heavy (non-hydrogen) atoms. The Morgan fingerprint density at radius 2 is 2.00 bits per heavy atom. The smallest absolute Gasteiger partial charge is 0.258 e. The lowest BCUT2D eigenvalue weighted by Crippen LogP contribution is -2.34. The summed E-state index contributed by atoms with van der Waals surface area (Å²) >= 11 is 3.45. The fourth-order valence-electron chi connectivity index (χ4n) is 3.15. The maximum Gasteiger partial charge on any atom is 0.258 e. The van der Waals surface area contributed by atoms with Gasteiger partial charge in [-0.25, -0.2) is 4.98 Å². The predicted molar refractivity (Wildman–Crippen MR) is 121 cm³/mol. The minimum Gasteiger partial charge on any atom is -0.493 e. The molecule has 0 fully saturated rings. The summed E-state index contributed by atoms with van der Waals surface area (Å²) in [5, 5.41) is 0.501. The Bertz CT molecular complexity index is 1130. The number of aromatic nitrogens is 2. The van der Waals surface area contributed by atoms with E-state index < -0.39 is 0 Å². The molecule has 3 rings (SSSR count). The molecule has 0 spiro atoms. The summed E-state index contributed by atoms with van der Waals surface area (Å²) < 4.78 is 16.8. The van der Waals surface area contributed by atoms with Gasteiger partial charge in [-0.2, -0.15) is 0 Å². The summed E-state index contributed by atoms with van der Waals surface area (Å²) in [6.07, 6.45) is 0.